The lowest BCUT2D eigenvalue weighted by atomic mass is 10.2. The molecule has 2 aromatic rings. The van der Waals surface area contributed by atoms with Crippen LogP contribution >= 0.6 is 11.5 Å². The van der Waals surface area contributed by atoms with Crippen molar-refractivity contribution >= 4 is 17.4 Å². The zero-order valence-corrected chi connectivity index (χ0v) is 9.79. The molecule has 4 nitrogen and oxygen atoms in total. The maximum Gasteiger partial charge on any atom is 0.126 e. The fourth-order valence-corrected chi connectivity index (χ4v) is 2.00. The number of hydrogen-bond acceptors (Lipinski definition) is 5. The lowest BCUT2D eigenvalue weighted by Gasteiger charge is -2.05. The van der Waals surface area contributed by atoms with Gasteiger partial charge in [0.1, 0.15) is 5.82 Å². The normalized spacial score (nSPS) is 10.4. The van der Waals surface area contributed by atoms with Crippen LogP contribution in [-0.2, 0) is 13.2 Å². The summed E-state index contributed by atoms with van der Waals surface area (Å²) >= 11 is 1.46. The van der Waals surface area contributed by atoms with Gasteiger partial charge >= 0.3 is 0 Å². The van der Waals surface area contributed by atoms with E-state index in [2.05, 4.69) is 14.7 Å². The molecule has 84 valence electrons. The Morgan fingerprint density at radius 3 is 2.88 bits per heavy atom. The first-order chi connectivity index (χ1) is 7.79. The molecule has 0 spiro atoms. The number of anilines is 1. The average molecular weight is 235 g/mol. The minimum absolute atomic E-state index is 0.0286. The molecule has 0 bridgehead atoms. The molecule has 5 heteroatoms. The molecule has 16 heavy (non-hydrogen) atoms. The van der Waals surface area contributed by atoms with Gasteiger partial charge in [-0.15, -0.1) is 0 Å². The maximum atomic E-state index is 8.88. The zero-order valence-electron chi connectivity index (χ0n) is 8.97. The van der Waals surface area contributed by atoms with Gasteiger partial charge in [-0.05, 0) is 30.1 Å². The molecule has 0 aliphatic rings. The molecule has 0 atom stereocenters. The molecule has 0 amide bonds. The van der Waals surface area contributed by atoms with Gasteiger partial charge < -0.3 is 10.4 Å². The van der Waals surface area contributed by atoms with Crippen LogP contribution in [0.25, 0.3) is 0 Å². The van der Waals surface area contributed by atoms with E-state index in [1.165, 1.54) is 17.1 Å². The van der Waals surface area contributed by atoms with E-state index in [9.17, 15) is 0 Å². The molecule has 0 saturated carbocycles. The minimum Gasteiger partial charge on any atom is -0.392 e. The third kappa shape index (κ3) is 2.56. The van der Waals surface area contributed by atoms with Crippen molar-refractivity contribution < 1.29 is 5.11 Å². The Morgan fingerprint density at radius 1 is 1.44 bits per heavy atom. The number of pyridine rings is 1. The quantitative estimate of drug-likeness (QED) is 0.850. The SMILES string of the molecule is Cc1nscc1CNc1ccc(CO)cn1. The van der Waals surface area contributed by atoms with Crippen LogP contribution in [0.15, 0.2) is 23.7 Å². The Morgan fingerprint density at radius 2 is 2.31 bits per heavy atom. The van der Waals surface area contributed by atoms with Crippen molar-refractivity contribution in [1.29, 1.82) is 0 Å². The van der Waals surface area contributed by atoms with Crippen molar-refractivity contribution in [3.8, 4) is 0 Å². The highest BCUT2D eigenvalue weighted by atomic mass is 32.1. The second-order valence-corrected chi connectivity index (χ2v) is 4.12. The monoisotopic (exact) mass is 235 g/mol. The summed E-state index contributed by atoms with van der Waals surface area (Å²) in [6.45, 7) is 2.75. The van der Waals surface area contributed by atoms with E-state index in [1.807, 2.05) is 24.4 Å². The first-order valence-corrected chi connectivity index (χ1v) is 5.83. The number of aliphatic hydroxyl groups is 1. The van der Waals surface area contributed by atoms with E-state index in [4.69, 9.17) is 5.11 Å². The van der Waals surface area contributed by atoms with Crippen molar-refractivity contribution in [3.63, 3.8) is 0 Å². The van der Waals surface area contributed by atoms with Gasteiger partial charge in [-0.2, -0.15) is 4.37 Å². The number of aliphatic hydroxyl groups excluding tert-OH is 1. The van der Waals surface area contributed by atoms with Crippen molar-refractivity contribution in [2.24, 2.45) is 0 Å². The molecule has 0 saturated heterocycles. The summed E-state index contributed by atoms with van der Waals surface area (Å²) in [6.07, 6.45) is 1.67. The number of nitrogens with zero attached hydrogens (tertiary/aromatic N) is 2. The van der Waals surface area contributed by atoms with Gasteiger partial charge in [0.2, 0.25) is 0 Å². The smallest absolute Gasteiger partial charge is 0.126 e. The van der Waals surface area contributed by atoms with E-state index < -0.39 is 0 Å². The minimum atomic E-state index is 0.0286. The number of rotatable bonds is 4. The molecular formula is C11H13N3OS. The summed E-state index contributed by atoms with van der Waals surface area (Å²) < 4.78 is 4.20. The number of aromatic nitrogens is 2. The molecule has 2 heterocycles. The molecule has 2 aromatic heterocycles. The van der Waals surface area contributed by atoms with E-state index in [1.54, 1.807) is 6.20 Å². The van der Waals surface area contributed by atoms with Crippen LogP contribution < -0.4 is 5.32 Å². The summed E-state index contributed by atoms with van der Waals surface area (Å²) in [5.41, 5.74) is 3.07. The Bertz CT molecular complexity index is 453. The van der Waals surface area contributed by atoms with E-state index in [0.717, 1.165) is 23.6 Å². The van der Waals surface area contributed by atoms with Gasteiger partial charge in [0.25, 0.3) is 0 Å². The summed E-state index contributed by atoms with van der Waals surface area (Å²) in [5.74, 6) is 0.808. The molecule has 0 unspecified atom stereocenters. The number of aryl methyl sites for hydroxylation is 1. The van der Waals surface area contributed by atoms with Crippen molar-refractivity contribution in [2.75, 3.05) is 5.32 Å². The maximum absolute atomic E-state index is 8.88. The number of hydrogen-bond donors (Lipinski definition) is 2. The van der Waals surface area contributed by atoms with Crippen LogP contribution in [0.2, 0.25) is 0 Å². The average Bonchev–Trinajstić information content (AvgIpc) is 2.73. The third-order valence-electron chi connectivity index (χ3n) is 2.32. The first-order valence-electron chi connectivity index (χ1n) is 4.99. The highest BCUT2D eigenvalue weighted by Gasteiger charge is 2.01. The van der Waals surface area contributed by atoms with Crippen molar-refractivity contribution in [2.45, 2.75) is 20.1 Å². The van der Waals surface area contributed by atoms with E-state index in [0.29, 0.717) is 0 Å². The van der Waals surface area contributed by atoms with Crippen LogP contribution in [0.3, 0.4) is 0 Å². The molecule has 0 aromatic carbocycles. The molecule has 0 aliphatic heterocycles. The van der Waals surface area contributed by atoms with Gasteiger partial charge in [0, 0.05) is 23.7 Å². The van der Waals surface area contributed by atoms with Crippen molar-refractivity contribution in [1.82, 2.24) is 9.36 Å². The summed E-state index contributed by atoms with van der Waals surface area (Å²) in [4.78, 5) is 4.19. The lowest BCUT2D eigenvalue weighted by Crippen LogP contribution is -2.01. The third-order valence-corrected chi connectivity index (χ3v) is 3.09. The molecular weight excluding hydrogens is 222 g/mol. The highest BCUT2D eigenvalue weighted by molar-refractivity contribution is 7.03. The van der Waals surface area contributed by atoms with Gasteiger partial charge in [-0.1, -0.05) is 6.07 Å². The predicted octanol–water partition coefficient (Wildman–Crippen LogP) is 1.95. The lowest BCUT2D eigenvalue weighted by molar-refractivity contribution is 0.281. The molecule has 0 aliphatic carbocycles. The largest absolute Gasteiger partial charge is 0.392 e. The molecule has 0 fully saturated rings. The fourth-order valence-electron chi connectivity index (χ4n) is 1.29. The van der Waals surface area contributed by atoms with Gasteiger partial charge in [0.05, 0.1) is 12.3 Å². The van der Waals surface area contributed by atoms with E-state index >= 15 is 0 Å². The van der Waals surface area contributed by atoms with Gasteiger partial charge in [-0.3, -0.25) is 0 Å². The first kappa shape index (κ1) is 11.0. The Kier molecular flexibility index (Phi) is 3.48. The van der Waals surface area contributed by atoms with Crippen LogP contribution in [0.5, 0.6) is 0 Å². The van der Waals surface area contributed by atoms with Crippen LogP contribution in [0.1, 0.15) is 16.8 Å². The molecule has 2 rings (SSSR count). The summed E-state index contributed by atoms with van der Waals surface area (Å²) in [5, 5.41) is 14.1. The van der Waals surface area contributed by atoms with E-state index in [-0.39, 0.29) is 6.61 Å². The summed E-state index contributed by atoms with van der Waals surface area (Å²) in [7, 11) is 0. The van der Waals surface area contributed by atoms with Crippen LogP contribution in [0, 0.1) is 6.92 Å². The Balaban J connectivity index is 1.97. The highest BCUT2D eigenvalue weighted by Crippen LogP contribution is 2.12. The number of nitrogens with one attached hydrogen (secondary N) is 1. The Hall–Kier alpha value is -1.46. The van der Waals surface area contributed by atoms with Crippen LogP contribution in [-0.4, -0.2) is 14.5 Å². The predicted molar refractivity (Wildman–Crippen MR) is 64.3 cm³/mol. The second kappa shape index (κ2) is 5.05. The second-order valence-electron chi connectivity index (χ2n) is 3.49. The van der Waals surface area contributed by atoms with Crippen molar-refractivity contribution in [3.05, 3.63) is 40.5 Å². The van der Waals surface area contributed by atoms with Crippen LogP contribution in [0.4, 0.5) is 5.82 Å². The molecule has 2 N–H and O–H groups in total. The van der Waals surface area contributed by atoms with Gasteiger partial charge in [0.15, 0.2) is 0 Å². The molecule has 0 radical (unpaired) electrons. The van der Waals surface area contributed by atoms with Gasteiger partial charge in [-0.25, -0.2) is 4.98 Å². The zero-order chi connectivity index (χ0) is 11.4. The summed E-state index contributed by atoms with van der Waals surface area (Å²) in [6, 6.07) is 3.72. The topological polar surface area (TPSA) is 58.0 Å². The Labute approximate surface area is 98.1 Å². The fraction of sp³-hybridized carbons (Fsp3) is 0.273. The standard InChI is InChI=1S/C11H13N3OS/c1-8-10(7-16-14-8)5-13-11-3-2-9(6-15)4-12-11/h2-4,7,15H,5-6H2,1H3,(H,12,13).